The minimum Gasteiger partial charge on any atom is -0.229 e. The third-order valence-electron chi connectivity index (χ3n) is 1.76. The lowest BCUT2D eigenvalue weighted by Gasteiger charge is -2.02. The van der Waals surface area contributed by atoms with Crippen molar-refractivity contribution in [2.45, 2.75) is 11.5 Å². The van der Waals surface area contributed by atoms with E-state index < -0.39 is 18.9 Å². The van der Waals surface area contributed by atoms with Gasteiger partial charge in [-0.1, -0.05) is 24.3 Å². The summed E-state index contributed by atoms with van der Waals surface area (Å²) >= 11 is 0. The van der Waals surface area contributed by atoms with Gasteiger partial charge in [0.15, 0.2) is 9.84 Å². The van der Waals surface area contributed by atoms with Crippen LogP contribution in [0.15, 0.2) is 24.3 Å². The lowest BCUT2D eigenvalue weighted by atomic mass is 10.2. The predicted molar refractivity (Wildman–Crippen MR) is 63.5 cm³/mol. The molecule has 0 N–H and O–H groups in total. The monoisotopic (exact) mass is 282 g/mol. The molecule has 0 heterocycles. The van der Waals surface area contributed by atoms with Gasteiger partial charge < -0.3 is 0 Å². The number of sulfone groups is 1. The van der Waals surface area contributed by atoms with Gasteiger partial charge in [-0.2, -0.15) is 0 Å². The van der Waals surface area contributed by atoms with E-state index in [1.165, 1.54) is 6.07 Å². The second-order valence-electron chi connectivity index (χ2n) is 3.57. The molecule has 1 aromatic rings. The molecular formula is C9H11ClO4S2. The molecule has 0 spiro atoms. The first kappa shape index (κ1) is 13.5. The van der Waals surface area contributed by atoms with Gasteiger partial charge in [0.05, 0.1) is 11.5 Å². The molecule has 0 aliphatic rings. The summed E-state index contributed by atoms with van der Waals surface area (Å²) in [6, 6.07) is 6.36. The van der Waals surface area contributed by atoms with Crippen LogP contribution in [0.4, 0.5) is 0 Å². The van der Waals surface area contributed by atoms with Crippen molar-refractivity contribution < 1.29 is 16.8 Å². The Labute approximate surface area is 99.6 Å². The average Bonchev–Trinajstić information content (AvgIpc) is 1.96. The minimum atomic E-state index is -3.61. The molecule has 0 amide bonds. The van der Waals surface area contributed by atoms with Gasteiger partial charge in [-0.15, -0.1) is 0 Å². The molecule has 1 rings (SSSR count). The van der Waals surface area contributed by atoms with E-state index in [0.29, 0.717) is 11.1 Å². The van der Waals surface area contributed by atoms with E-state index in [2.05, 4.69) is 0 Å². The van der Waals surface area contributed by atoms with Crippen LogP contribution in [0.1, 0.15) is 11.1 Å². The maximum absolute atomic E-state index is 11.1. The summed E-state index contributed by atoms with van der Waals surface area (Å²) in [6.45, 7) is 0. The molecule has 0 radical (unpaired) electrons. The van der Waals surface area contributed by atoms with Crippen molar-refractivity contribution in [3.05, 3.63) is 35.4 Å². The topological polar surface area (TPSA) is 68.3 Å². The summed E-state index contributed by atoms with van der Waals surface area (Å²) in [4.78, 5) is 0. The number of rotatable bonds is 4. The Bertz CT molecular complexity index is 526. The van der Waals surface area contributed by atoms with E-state index in [4.69, 9.17) is 10.7 Å². The van der Waals surface area contributed by atoms with Gasteiger partial charge in [-0.25, -0.2) is 16.8 Å². The molecule has 0 saturated carbocycles. The Hall–Kier alpha value is -0.590. The maximum atomic E-state index is 11.1. The van der Waals surface area contributed by atoms with Crippen LogP contribution in [0.2, 0.25) is 0 Å². The van der Waals surface area contributed by atoms with Crippen LogP contribution >= 0.6 is 10.7 Å². The first-order valence-electron chi connectivity index (χ1n) is 4.34. The maximum Gasteiger partial charge on any atom is 0.236 e. The quantitative estimate of drug-likeness (QED) is 0.781. The Balaban J connectivity index is 2.96. The van der Waals surface area contributed by atoms with Crippen molar-refractivity contribution in [2.75, 3.05) is 6.26 Å². The number of hydrogen-bond donors (Lipinski definition) is 0. The van der Waals surface area contributed by atoms with Crippen molar-refractivity contribution in [3.8, 4) is 0 Å². The zero-order valence-corrected chi connectivity index (χ0v) is 10.9. The summed E-state index contributed by atoms with van der Waals surface area (Å²) < 4.78 is 43.8. The Morgan fingerprint density at radius 3 is 2.00 bits per heavy atom. The number of hydrogen-bond acceptors (Lipinski definition) is 4. The first-order chi connectivity index (χ1) is 7.16. The van der Waals surface area contributed by atoms with Gasteiger partial charge in [-0.05, 0) is 11.1 Å². The van der Waals surface area contributed by atoms with Gasteiger partial charge in [0.25, 0.3) is 0 Å². The molecule has 16 heavy (non-hydrogen) atoms. The molecule has 0 unspecified atom stereocenters. The Morgan fingerprint density at radius 2 is 1.56 bits per heavy atom. The fourth-order valence-corrected chi connectivity index (χ4v) is 3.05. The SMILES string of the molecule is CS(=O)(=O)Cc1cccc(CS(=O)(=O)Cl)c1. The Morgan fingerprint density at radius 1 is 1.06 bits per heavy atom. The molecule has 4 nitrogen and oxygen atoms in total. The molecule has 0 atom stereocenters. The van der Waals surface area contributed by atoms with Crippen LogP contribution in [-0.4, -0.2) is 23.1 Å². The molecule has 7 heteroatoms. The lowest BCUT2D eigenvalue weighted by Crippen LogP contribution is -2.02. The second-order valence-corrected chi connectivity index (χ2v) is 8.49. The predicted octanol–water partition coefficient (Wildman–Crippen LogP) is 1.30. The average molecular weight is 283 g/mol. The molecule has 0 aliphatic carbocycles. The summed E-state index contributed by atoms with van der Waals surface area (Å²) in [5.74, 6) is -0.407. The van der Waals surface area contributed by atoms with Crippen molar-refractivity contribution in [1.29, 1.82) is 0 Å². The molecule has 0 bridgehead atoms. The highest BCUT2D eigenvalue weighted by Crippen LogP contribution is 2.13. The Kier molecular flexibility index (Phi) is 3.98. The van der Waals surface area contributed by atoms with Crippen molar-refractivity contribution >= 4 is 29.6 Å². The van der Waals surface area contributed by atoms with Crippen LogP contribution in [0, 0.1) is 0 Å². The first-order valence-corrected chi connectivity index (χ1v) is 8.87. The van der Waals surface area contributed by atoms with Crippen LogP contribution in [0.25, 0.3) is 0 Å². The molecule has 0 fully saturated rings. The van der Waals surface area contributed by atoms with E-state index in [1.807, 2.05) is 0 Å². The van der Waals surface area contributed by atoms with E-state index >= 15 is 0 Å². The van der Waals surface area contributed by atoms with Crippen molar-refractivity contribution in [1.82, 2.24) is 0 Å². The lowest BCUT2D eigenvalue weighted by molar-refractivity contribution is 0.601. The second kappa shape index (κ2) is 4.73. The normalized spacial score (nSPS) is 12.6. The number of halogens is 1. The van der Waals surface area contributed by atoms with Crippen LogP contribution < -0.4 is 0 Å². The smallest absolute Gasteiger partial charge is 0.229 e. The van der Waals surface area contributed by atoms with Gasteiger partial charge in [0, 0.05) is 16.9 Å². The zero-order valence-electron chi connectivity index (χ0n) is 8.55. The van der Waals surface area contributed by atoms with Gasteiger partial charge in [-0.3, -0.25) is 0 Å². The largest absolute Gasteiger partial charge is 0.236 e. The van der Waals surface area contributed by atoms with E-state index in [-0.39, 0.29) is 11.5 Å². The zero-order chi connectivity index (χ0) is 12.4. The van der Waals surface area contributed by atoms with Crippen LogP contribution in [0.3, 0.4) is 0 Å². The van der Waals surface area contributed by atoms with E-state index in [1.54, 1.807) is 18.2 Å². The van der Waals surface area contributed by atoms with Crippen molar-refractivity contribution in [2.24, 2.45) is 0 Å². The fourth-order valence-electron chi connectivity index (χ4n) is 1.31. The molecular weight excluding hydrogens is 272 g/mol. The highest BCUT2D eigenvalue weighted by molar-refractivity contribution is 8.13. The summed E-state index contributed by atoms with van der Waals surface area (Å²) in [5.41, 5.74) is 1.04. The summed E-state index contributed by atoms with van der Waals surface area (Å²) in [5, 5.41) is 0. The minimum absolute atomic E-state index is 0.108. The van der Waals surface area contributed by atoms with Crippen LogP contribution in [-0.2, 0) is 30.4 Å². The standard InChI is InChI=1S/C9H11ClO4S2/c1-15(11,12)6-8-3-2-4-9(5-8)7-16(10,13)14/h2-5H,6-7H2,1H3. The van der Waals surface area contributed by atoms with E-state index in [9.17, 15) is 16.8 Å². The fraction of sp³-hybridized carbons (Fsp3) is 0.333. The molecule has 0 aliphatic heterocycles. The summed E-state index contributed by atoms with van der Waals surface area (Å²) in [6.07, 6.45) is 1.12. The third kappa shape index (κ3) is 5.48. The molecule has 0 saturated heterocycles. The van der Waals surface area contributed by atoms with Gasteiger partial charge >= 0.3 is 0 Å². The number of benzene rings is 1. The summed E-state index contributed by atoms with van der Waals surface area (Å²) in [7, 11) is -1.63. The molecule has 90 valence electrons. The highest BCUT2D eigenvalue weighted by Gasteiger charge is 2.09. The van der Waals surface area contributed by atoms with E-state index in [0.717, 1.165) is 6.26 Å². The van der Waals surface area contributed by atoms with Gasteiger partial charge in [0.1, 0.15) is 0 Å². The third-order valence-corrected chi connectivity index (χ3v) is 3.62. The van der Waals surface area contributed by atoms with Gasteiger partial charge in [0.2, 0.25) is 9.05 Å². The van der Waals surface area contributed by atoms with Crippen molar-refractivity contribution in [3.63, 3.8) is 0 Å². The highest BCUT2D eigenvalue weighted by atomic mass is 35.7. The van der Waals surface area contributed by atoms with Crippen LogP contribution in [0.5, 0.6) is 0 Å². The molecule has 1 aromatic carbocycles. The molecule has 0 aromatic heterocycles.